The minimum Gasteiger partial charge on any atom is -0.207 e. The Bertz CT molecular complexity index is 710. The van der Waals surface area contributed by atoms with Crippen LogP contribution in [0.4, 0.5) is 4.39 Å². The molecule has 0 fully saturated rings. The first-order chi connectivity index (χ1) is 9.67. The molecule has 0 heterocycles. The molecule has 2 heteroatoms. The van der Waals surface area contributed by atoms with E-state index in [4.69, 9.17) is 5.26 Å². The van der Waals surface area contributed by atoms with Gasteiger partial charge in [-0.05, 0) is 78.6 Å². The number of hydrogen-bond acceptors (Lipinski definition) is 1. The molecular formula is C18H16FN. The maximum atomic E-state index is 13.5. The van der Waals surface area contributed by atoms with Crippen molar-refractivity contribution in [1.29, 1.82) is 5.26 Å². The number of fused-ring (bicyclic) bond motifs is 1. The van der Waals surface area contributed by atoms with Crippen LogP contribution in [0.1, 0.15) is 39.8 Å². The Morgan fingerprint density at radius 1 is 1.15 bits per heavy atom. The molecule has 1 nitrogen and oxygen atoms in total. The predicted octanol–water partition coefficient (Wildman–Crippen LogP) is 4.09. The van der Waals surface area contributed by atoms with Gasteiger partial charge >= 0.3 is 0 Å². The molecule has 0 aromatic heterocycles. The molecule has 0 N–H and O–H groups in total. The van der Waals surface area contributed by atoms with E-state index in [9.17, 15) is 4.39 Å². The van der Waals surface area contributed by atoms with Crippen LogP contribution in [0.15, 0.2) is 30.3 Å². The Morgan fingerprint density at radius 2 is 1.95 bits per heavy atom. The molecule has 2 aromatic carbocycles. The molecule has 2 aromatic rings. The number of rotatable bonds is 2. The van der Waals surface area contributed by atoms with Crippen LogP contribution in [0.3, 0.4) is 0 Å². The largest absolute Gasteiger partial charge is 0.207 e. The van der Waals surface area contributed by atoms with E-state index in [0.29, 0.717) is 12.0 Å². The second-order valence-electron chi connectivity index (χ2n) is 5.49. The minimum atomic E-state index is -0.331. The lowest BCUT2D eigenvalue weighted by atomic mass is 9.94. The molecule has 0 bridgehead atoms. The zero-order valence-corrected chi connectivity index (χ0v) is 11.5. The molecule has 0 amide bonds. The van der Waals surface area contributed by atoms with E-state index in [1.165, 1.54) is 40.8 Å². The third kappa shape index (κ3) is 2.32. The van der Waals surface area contributed by atoms with Crippen molar-refractivity contribution in [3.63, 3.8) is 0 Å². The Hall–Kier alpha value is -2.14. The highest BCUT2D eigenvalue weighted by Crippen LogP contribution is 2.29. The lowest BCUT2D eigenvalue weighted by Crippen LogP contribution is -1.98. The number of nitrogens with zero attached hydrogens (tertiary/aromatic N) is 1. The zero-order valence-electron chi connectivity index (χ0n) is 11.5. The summed E-state index contributed by atoms with van der Waals surface area (Å²) in [5, 5.41) is 8.93. The Balaban J connectivity index is 1.99. The summed E-state index contributed by atoms with van der Waals surface area (Å²) < 4.78 is 13.5. The fourth-order valence-corrected chi connectivity index (χ4v) is 3.16. The van der Waals surface area contributed by atoms with E-state index < -0.39 is 0 Å². The molecule has 1 aliphatic rings. The van der Waals surface area contributed by atoms with Gasteiger partial charge < -0.3 is 0 Å². The molecule has 0 aliphatic heterocycles. The van der Waals surface area contributed by atoms with Gasteiger partial charge in [-0.2, -0.15) is 5.26 Å². The van der Waals surface area contributed by atoms with Crippen molar-refractivity contribution >= 4 is 0 Å². The van der Waals surface area contributed by atoms with Crippen molar-refractivity contribution in [3.8, 4) is 6.07 Å². The first-order valence-electron chi connectivity index (χ1n) is 6.97. The van der Waals surface area contributed by atoms with Gasteiger partial charge in [0.1, 0.15) is 5.82 Å². The van der Waals surface area contributed by atoms with Gasteiger partial charge in [0.25, 0.3) is 0 Å². The second-order valence-corrected chi connectivity index (χ2v) is 5.49. The summed E-state index contributed by atoms with van der Waals surface area (Å²) in [7, 11) is 0. The van der Waals surface area contributed by atoms with Crippen molar-refractivity contribution in [2.75, 3.05) is 0 Å². The maximum Gasteiger partial charge on any atom is 0.124 e. The molecule has 0 unspecified atom stereocenters. The van der Waals surface area contributed by atoms with Gasteiger partial charge in [0.2, 0.25) is 0 Å². The van der Waals surface area contributed by atoms with Crippen LogP contribution in [-0.4, -0.2) is 0 Å². The van der Waals surface area contributed by atoms with Crippen LogP contribution >= 0.6 is 0 Å². The standard InChI is InChI=1S/C18H16FN/c1-12-5-6-15(18-4-2-3-17(12)18)8-13-7-14(11-20)10-16(19)9-13/h5-7,9-10H,2-4,8H2,1H3. The van der Waals surface area contributed by atoms with E-state index in [2.05, 4.69) is 19.1 Å². The number of nitriles is 1. The van der Waals surface area contributed by atoms with Gasteiger partial charge in [-0.3, -0.25) is 0 Å². The van der Waals surface area contributed by atoms with Crippen molar-refractivity contribution in [2.45, 2.75) is 32.6 Å². The number of halogens is 1. The molecular weight excluding hydrogens is 249 g/mol. The fraction of sp³-hybridized carbons (Fsp3) is 0.278. The third-order valence-corrected chi connectivity index (χ3v) is 4.10. The van der Waals surface area contributed by atoms with Gasteiger partial charge in [0.05, 0.1) is 11.6 Å². The molecule has 0 radical (unpaired) electrons. The second kappa shape index (κ2) is 5.09. The van der Waals surface area contributed by atoms with Crippen LogP contribution in [0.5, 0.6) is 0 Å². The van der Waals surface area contributed by atoms with E-state index >= 15 is 0 Å². The van der Waals surface area contributed by atoms with E-state index in [-0.39, 0.29) is 5.82 Å². The van der Waals surface area contributed by atoms with Crippen LogP contribution in [0.2, 0.25) is 0 Å². The van der Waals surface area contributed by atoms with Crippen LogP contribution in [-0.2, 0) is 19.3 Å². The van der Waals surface area contributed by atoms with E-state index in [1.54, 1.807) is 6.07 Å². The Morgan fingerprint density at radius 3 is 2.75 bits per heavy atom. The molecule has 0 atom stereocenters. The van der Waals surface area contributed by atoms with Gasteiger partial charge in [-0.25, -0.2) is 4.39 Å². The summed E-state index contributed by atoms with van der Waals surface area (Å²) in [5.74, 6) is -0.331. The lowest BCUT2D eigenvalue weighted by Gasteiger charge is -2.11. The van der Waals surface area contributed by atoms with Crippen molar-refractivity contribution in [1.82, 2.24) is 0 Å². The van der Waals surface area contributed by atoms with E-state index in [1.807, 2.05) is 6.07 Å². The average Bonchev–Trinajstić information content (AvgIpc) is 2.92. The van der Waals surface area contributed by atoms with Crippen LogP contribution in [0.25, 0.3) is 0 Å². The molecule has 0 saturated carbocycles. The lowest BCUT2D eigenvalue weighted by molar-refractivity contribution is 0.625. The molecule has 0 spiro atoms. The fourth-order valence-electron chi connectivity index (χ4n) is 3.16. The van der Waals surface area contributed by atoms with Crippen molar-refractivity contribution in [3.05, 3.63) is 69.5 Å². The highest BCUT2D eigenvalue weighted by molar-refractivity contribution is 5.46. The van der Waals surface area contributed by atoms with Crippen molar-refractivity contribution < 1.29 is 4.39 Å². The van der Waals surface area contributed by atoms with E-state index in [0.717, 1.165) is 18.4 Å². The monoisotopic (exact) mass is 265 g/mol. The summed E-state index contributed by atoms with van der Waals surface area (Å²) in [5.41, 5.74) is 6.81. The first-order valence-corrected chi connectivity index (χ1v) is 6.97. The van der Waals surface area contributed by atoms with Gasteiger partial charge in [-0.15, -0.1) is 0 Å². The molecule has 20 heavy (non-hydrogen) atoms. The van der Waals surface area contributed by atoms with Crippen molar-refractivity contribution in [2.24, 2.45) is 0 Å². The molecule has 100 valence electrons. The molecule has 3 rings (SSSR count). The SMILES string of the molecule is Cc1ccc(Cc2cc(F)cc(C#N)c2)c2c1CCC2. The van der Waals surface area contributed by atoms with Crippen LogP contribution < -0.4 is 0 Å². The van der Waals surface area contributed by atoms with Gasteiger partial charge in [-0.1, -0.05) is 12.1 Å². The number of benzene rings is 2. The highest BCUT2D eigenvalue weighted by atomic mass is 19.1. The smallest absolute Gasteiger partial charge is 0.124 e. The number of hydrogen-bond donors (Lipinski definition) is 0. The molecule has 0 saturated heterocycles. The third-order valence-electron chi connectivity index (χ3n) is 4.10. The first kappa shape index (κ1) is 12.9. The van der Waals surface area contributed by atoms with Gasteiger partial charge in [0.15, 0.2) is 0 Å². The topological polar surface area (TPSA) is 23.8 Å². The summed E-state index contributed by atoms with van der Waals surface area (Å²) in [6, 6.07) is 10.9. The van der Waals surface area contributed by atoms with Crippen LogP contribution in [0, 0.1) is 24.1 Å². The minimum absolute atomic E-state index is 0.331. The normalized spacial score (nSPS) is 13.1. The predicted molar refractivity (Wildman–Crippen MR) is 77.1 cm³/mol. The molecule has 1 aliphatic carbocycles. The highest BCUT2D eigenvalue weighted by Gasteiger charge is 2.17. The van der Waals surface area contributed by atoms with Gasteiger partial charge in [0, 0.05) is 0 Å². The quantitative estimate of drug-likeness (QED) is 0.802. The summed E-state index contributed by atoms with van der Waals surface area (Å²) in [4.78, 5) is 0. The summed E-state index contributed by atoms with van der Waals surface area (Å²) >= 11 is 0. The summed E-state index contributed by atoms with van der Waals surface area (Å²) in [6.07, 6.45) is 4.18. The Kier molecular flexibility index (Phi) is 3.28. The maximum absolute atomic E-state index is 13.5. The number of aryl methyl sites for hydroxylation is 1. The zero-order chi connectivity index (χ0) is 14.1. The summed E-state index contributed by atoms with van der Waals surface area (Å²) in [6.45, 7) is 2.16. The Labute approximate surface area is 118 Å². The average molecular weight is 265 g/mol.